The minimum atomic E-state index is -2.23. The number of benzene rings is 2. The highest BCUT2D eigenvalue weighted by atomic mass is 19.2. The van der Waals surface area contributed by atoms with Gasteiger partial charge in [0.2, 0.25) is 29.1 Å². The van der Waals surface area contributed by atoms with Crippen LogP contribution in [0.25, 0.3) is 0 Å². The number of ether oxygens (including phenoxy) is 2. The van der Waals surface area contributed by atoms with Gasteiger partial charge in [-0.3, -0.25) is 0 Å². The van der Waals surface area contributed by atoms with Crippen molar-refractivity contribution in [3.05, 3.63) is 58.4 Å². The number of nitrogens with two attached hydrogens (primary N) is 1. The molecule has 3 nitrogen and oxygen atoms in total. The van der Waals surface area contributed by atoms with Crippen LogP contribution in [0.3, 0.4) is 0 Å². The molecule has 0 spiro atoms. The third kappa shape index (κ3) is 4.01. The van der Waals surface area contributed by atoms with Crippen LogP contribution in [0, 0.1) is 29.1 Å². The van der Waals surface area contributed by atoms with Gasteiger partial charge in [-0.1, -0.05) is 6.07 Å². The quantitative estimate of drug-likeness (QED) is 0.463. The molecule has 25 heavy (non-hydrogen) atoms. The predicted octanol–water partition coefficient (Wildman–Crippen LogP) is 3.86. The molecule has 0 unspecified atom stereocenters. The second kappa shape index (κ2) is 8.15. The highest BCUT2D eigenvalue weighted by molar-refractivity contribution is 5.38. The molecule has 0 radical (unpaired) electrons. The summed E-state index contributed by atoms with van der Waals surface area (Å²) in [5, 5.41) is 0. The van der Waals surface area contributed by atoms with Crippen molar-refractivity contribution in [2.45, 2.75) is 19.4 Å². The lowest BCUT2D eigenvalue weighted by Gasteiger charge is -2.14. The van der Waals surface area contributed by atoms with Crippen molar-refractivity contribution in [3.8, 4) is 11.5 Å². The first-order valence-corrected chi connectivity index (χ1v) is 7.40. The van der Waals surface area contributed by atoms with Crippen LogP contribution in [0.15, 0.2) is 18.2 Å². The third-order valence-electron chi connectivity index (χ3n) is 3.56. The summed E-state index contributed by atoms with van der Waals surface area (Å²) >= 11 is 0. The zero-order valence-corrected chi connectivity index (χ0v) is 13.3. The van der Waals surface area contributed by atoms with Crippen molar-refractivity contribution >= 4 is 0 Å². The second-order valence-corrected chi connectivity index (χ2v) is 5.23. The lowest BCUT2D eigenvalue weighted by atomic mass is 10.1. The number of aryl methyl sites for hydroxylation is 1. The molecule has 0 bridgehead atoms. The Labute approximate surface area is 141 Å². The molecule has 0 atom stereocenters. The van der Waals surface area contributed by atoms with Crippen molar-refractivity contribution in [2.24, 2.45) is 5.73 Å². The molecule has 2 rings (SSSR count). The molecule has 2 aromatic rings. The van der Waals surface area contributed by atoms with Gasteiger partial charge in [0.15, 0.2) is 5.75 Å². The highest BCUT2D eigenvalue weighted by Gasteiger charge is 2.27. The summed E-state index contributed by atoms with van der Waals surface area (Å²) in [7, 11) is 1.39. The van der Waals surface area contributed by atoms with E-state index >= 15 is 0 Å². The summed E-state index contributed by atoms with van der Waals surface area (Å²) in [5.74, 6) is -11.4. The molecule has 0 saturated carbocycles. The maximum atomic E-state index is 13.6. The van der Waals surface area contributed by atoms with Crippen molar-refractivity contribution in [2.75, 3.05) is 13.7 Å². The van der Waals surface area contributed by atoms with Crippen LogP contribution in [0.2, 0.25) is 0 Å². The van der Waals surface area contributed by atoms with E-state index in [9.17, 15) is 22.0 Å². The van der Waals surface area contributed by atoms with Gasteiger partial charge in [0, 0.05) is 5.56 Å². The van der Waals surface area contributed by atoms with Crippen LogP contribution >= 0.6 is 0 Å². The molecular formula is C17H16F5NO2. The largest absolute Gasteiger partial charge is 0.496 e. The van der Waals surface area contributed by atoms with Gasteiger partial charge in [0.25, 0.3) is 0 Å². The van der Waals surface area contributed by atoms with E-state index in [1.807, 2.05) is 0 Å². The molecule has 8 heteroatoms. The SMILES string of the molecule is COc1ccc(CCCN)cc1COc1c(F)c(F)c(F)c(F)c1F. The van der Waals surface area contributed by atoms with Crippen LogP contribution < -0.4 is 15.2 Å². The zero-order valence-electron chi connectivity index (χ0n) is 13.3. The van der Waals surface area contributed by atoms with E-state index in [0.29, 0.717) is 24.3 Å². The number of halogens is 5. The van der Waals surface area contributed by atoms with E-state index in [4.69, 9.17) is 15.2 Å². The summed E-state index contributed by atoms with van der Waals surface area (Å²) in [5.41, 5.74) is 6.73. The normalized spacial score (nSPS) is 10.8. The minimum Gasteiger partial charge on any atom is -0.496 e. The average molecular weight is 361 g/mol. The fourth-order valence-electron chi connectivity index (χ4n) is 2.27. The number of hydrogen-bond acceptors (Lipinski definition) is 3. The van der Waals surface area contributed by atoms with E-state index < -0.39 is 41.4 Å². The molecule has 0 saturated heterocycles. The first-order chi connectivity index (χ1) is 11.9. The molecule has 0 fully saturated rings. The van der Waals surface area contributed by atoms with Crippen LogP contribution in [-0.4, -0.2) is 13.7 Å². The lowest BCUT2D eigenvalue weighted by Crippen LogP contribution is -2.08. The first-order valence-electron chi connectivity index (χ1n) is 7.40. The van der Waals surface area contributed by atoms with Crippen LogP contribution in [0.5, 0.6) is 11.5 Å². The van der Waals surface area contributed by atoms with Crippen LogP contribution in [-0.2, 0) is 13.0 Å². The third-order valence-corrected chi connectivity index (χ3v) is 3.56. The van der Waals surface area contributed by atoms with E-state index in [2.05, 4.69) is 0 Å². The summed E-state index contributed by atoms with van der Waals surface area (Å²) in [4.78, 5) is 0. The molecule has 2 N–H and O–H groups in total. The molecular weight excluding hydrogens is 345 g/mol. The Bertz CT molecular complexity index is 738. The number of rotatable bonds is 7. The van der Waals surface area contributed by atoms with Gasteiger partial charge < -0.3 is 15.2 Å². The average Bonchev–Trinajstić information content (AvgIpc) is 2.63. The summed E-state index contributed by atoms with van der Waals surface area (Å²) in [6.45, 7) is 0.0560. The lowest BCUT2D eigenvalue weighted by molar-refractivity contribution is 0.249. The van der Waals surface area contributed by atoms with Crippen molar-refractivity contribution < 1.29 is 31.4 Å². The van der Waals surface area contributed by atoms with Gasteiger partial charge in [0.1, 0.15) is 12.4 Å². The van der Waals surface area contributed by atoms with Crippen molar-refractivity contribution in [3.63, 3.8) is 0 Å². The van der Waals surface area contributed by atoms with E-state index in [1.165, 1.54) is 7.11 Å². The maximum Gasteiger partial charge on any atom is 0.207 e. The van der Waals surface area contributed by atoms with Gasteiger partial charge in [-0.05, 0) is 37.1 Å². The van der Waals surface area contributed by atoms with Gasteiger partial charge in [-0.25, -0.2) is 13.2 Å². The second-order valence-electron chi connectivity index (χ2n) is 5.23. The fourth-order valence-corrected chi connectivity index (χ4v) is 2.27. The topological polar surface area (TPSA) is 44.5 Å². The van der Waals surface area contributed by atoms with E-state index in [0.717, 1.165) is 12.0 Å². The Balaban J connectivity index is 2.29. The van der Waals surface area contributed by atoms with Crippen molar-refractivity contribution in [1.29, 1.82) is 0 Å². The van der Waals surface area contributed by atoms with Gasteiger partial charge in [-0.2, -0.15) is 8.78 Å². The first kappa shape index (κ1) is 19.0. The highest BCUT2D eigenvalue weighted by Crippen LogP contribution is 2.31. The smallest absolute Gasteiger partial charge is 0.207 e. The summed E-state index contributed by atoms with van der Waals surface area (Å²) < 4.78 is 76.7. The van der Waals surface area contributed by atoms with Crippen LogP contribution in [0.1, 0.15) is 17.5 Å². The van der Waals surface area contributed by atoms with Gasteiger partial charge in [0.05, 0.1) is 7.11 Å². The van der Waals surface area contributed by atoms with E-state index in [1.54, 1.807) is 18.2 Å². The molecule has 0 aliphatic heterocycles. The number of hydrogen-bond donors (Lipinski definition) is 1. The predicted molar refractivity (Wildman–Crippen MR) is 80.9 cm³/mol. The zero-order chi connectivity index (χ0) is 18.6. The molecule has 0 aliphatic carbocycles. The Morgan fingerprint density at radius 1 is 0.920 bits per heavy atom. The Kier molecular flexibility index (Phi) is 6.19. The van der Waals surface area contributed by atoms with Crippen LogP contribution in [0.4, 0.5) is 22.0 Å². The fraction of sp³-hybridized carbons (Fsp3) is 0.294. The standard InChI is InChI=1S/C17H16F5NO2/c1-24-11-5-4-9(3-2-6-23)7-10(11)8-25-17-15(21)13(19)12(18)14(20)16(17)22/h4-5,7H,2-3,6,8,23H2,1H3. The summed E-state index contributed by atoms with van der Waals surface area (Å²) in [6, 6.07) is 5.08. The molecule has 136 valence electrons. The Hall–Kier alpha value is -2.35. The number of methoxy groups -OCH3 is 1. The van der Waals surface area contributed by atoms with Crippen molar-refractivity contribution in [1.82, 2.24) is 0 Å². The van der Waals surface area contributed by atoms with E-state index in [-0.39, 0.29) is 0 Å². The molecule has 2 aromatic carbocycles. The van der Waals surface area contributed by atoms with Gasteiger partial charge in [-0.15, -0.1) is 0 Å². The molecule has 0 aliphatic rings. The Morgan fingerprint density at radius 2 is 1.52 bits per heavy atom. The summed E-state index contributed by atoms with van der Waals surface area (Å²) in [6.07, 6.45) is 1.39. The molecule has 0 amide bonds. The monoisotopic (exact) mass is 361 g/mol. The molecule has 0 heterocycles. The Morgan fingerprint density at radius 3 is 2.08 bits per heavy atom. The minimum absolute atomic E-state index is 0.361. The maximum absolute atomic E-state index is 13.6. The molecule has 0 aromatic heterocycles. The van der Waals surface area contributed by atoms with Gasteiger partial charge >= 0.3 is 0 Å².